The average Bonchev–Trinajstić information content (AvgIpc) is 2.86. The maximum atomic E-state index is 13.5. The van der Waals surface area contributed by atoms with Crippen molar-refractivity contribution in [1.82, 2.24) is 0 Å². The van der Waals surface area contributed by atoms with E-state index in [1.807, 2.05) is 0 Å². The summed E-state index contributed by atoms with van der Waals surface area (Å²) in [5.41, 5.74) is 1.33. The highest BCUT2D eigenvalue weighted by atomic mass is 35.5. The van der Waals surface area contributed by atoms with Gasteiger partial charge in [0.25, 0.3) is 5.91 Å². The maximum absolute atomic E-state index is 13.5. The topological polar surface area (TPSA) is 103 Å². The van der Waals surface area contributed by atoms with Gasteiger partial charge in [-0.15, -0.1) is 0 Å². The number of halogens is 1. The van der Waals surface area contributed by atoms with E-state index in [9.17, 15) is 13.2 Å². The van der Waals surface area contributed by atoms with Crippen molar-refractivity contribution < 1.29 is 32.2 Å². The van der Waals surface area contributed by atoms with Gasteiger partial charge >= 0.3 is 0 Å². The molecule has 0 bridgehead atoms. The summed E-state index contributed by atoms with van der Waals surface area (Å²) in [6.07, 6.45) is 1.07. The second-order valence-corrected chi connectivity index (χ2v) is 10.3. The summed E-state index contributed by atoms with van der Waals surface area (Å²) < 4.78 is 48.9. The number of nitrogens with zero attached hydrogens (tertiary/aromatic N) is 1. The van der Waals surface area contributed by atoms with Gasteiger partial charge in [0.1, 0.15) is 13.2 Å². The van der Waals surface area contributed by atoms with Gasteiger partial charge in [0.2, 0.25) is 10.0 Å². The monoisotopic (exact) mass is 532 g/mol. The second-order valence-electron chi connectivity index (χ2n) is 7.93. The third kappa shape index (κ3) is 5.60. The number of carbonyl (C=O) groups excluding carboxylic acids is 1. The van der Waals surface area contributed by atoms with E-state index in [-0.39, 0.29) is 29.3 Å². The molecule has 9 nitrogen and oxygen atoms in total. The highest BCUT2D eigenvalue weighted by Gasteiger charge is 2.27. The first-order chi connectivity index (χ1) is 17.2. The molecule has 3 aromatic carbocycles. The molecule has 1 heterocycles. The summed E-state index contributed by atoms with van der Waals surface area (Å²) in [7, 11) is -0.961. The Balaban J connectivity index is 1.76. The molecule has 1 aliphatic heterocycles. The first-order valence-electron chi connectivity index (χ1n) is 10.9. The van der Waals surface area contributed by atoms with E-state index < -0.39 is 15.9 Å². The van der Waals surface area contributed by atoms with Crippen molar-refractivity contribution in [3.8, 4) is 23.0 Å². The van der Waals surface area contributed by atoms with E-state index in [2.05, 4.69) is 5.32 Å². The van der Waals surface area contributed by atoms with E-state index in [1.165, 1.54) is 26.4 Å². The van der Waals surface area contributed by atoms with Gasteiger partial charge in [-0.1, -0.05) is 23.7 Å². The molecule has 4 rings (SSSR count). The Bertz CT molecular complexity index is 1380. The van der Waals surface area contributed by atoms with Gasteiger partial charge in [0.05, 0.1) is 38.3 Å². The lowest BCUT2D eigenvalue weighted by molar-refractivity contribution is 0.102. The predicted octanol–water partition coefficient (Wildman–Crippen LogP) is 4.35. The molecule has 11 heteroatoms. The van der Waals surface area contributed by atoms with Crippen molar-refractivity contribution in [2.75, 3.05) is 43.3 Å². The largest absolute Gasteiger partial charge is 0.493 e. The Kier molecular flexibility index (Phi) is 7.46. The summed E-state index contributed by atoms with van der Waals surface area (Å²) >= 11 is 5.98. The molecule has 0 aliphatic carbocycles. The Morgan fingerprint density at radius 1 is 0.972 bits per heavy atom. The zero-order valence-corrected chi connectivity index (χ0v) is 21.5. The number of sulfonamides is 1. The smallest absolute Gasteiger partial charge is 0.257 e. The normalized spacial score (nSPS) is 12.6. The van der Waals surface area contributed by atoms with Gasteiger partial charge < -0.3 is 24.3 Å². The van der Waals surface area contributed by atoms with Gasteiger partial charge in [0, 0.05) is 22.8 Å². The number of fused-ring (bicyclic) bond motifs is 1. The lowest BCUT2D eigenvalue weighted by atomic mass is 10.1. The molecule has 3 aromatic rings. The molecule has 0 saturated carbocycles. The number of anilines is 2. The zero-order chi connectivity index (χ0) is 25.9. The van der Waals surface area contributed by atoms with E-state index in [0.29, 0.717) is 41.0 Å². The van der Waals surface area contributed by atoms with Crippen molar-refractivity contribution in [1.29, 1.82) is 0 Å². The minimum Gasteiger partial charge on any atom is -0.493 e. The molecule has 1 N–H and O–H groups in total. The van der Waals surface area contributed by atoms with Crippen LogP contribution in [0, 0.1) is 0 Å². The van der Waals surface area contributed by atoms with Crippen LogP contribution in [0.25, 0.3) is 0 Å². The zero-order valence-electron chi connectivity index (χ0n) is 19.9. The Hall–Kier alpha value is -3.63. The lowest BCUT2D eigenvalue weighted by Crippen LogP contribution is -2.31. The lowest BCUT2D eigenvalue weighted by Gasteiger charge is -2.26. The van der Waals surface area contributed by atoms with Crippen molar-refractivity contribution in [2.45, 2.75) is 6.54 Å². The number of amides is 1. The van der Waals surface area contributed by atoms with Crippen LogP contribution in [0.15, 0.2) is 54.6 Å². The van der Waals surface area contributed by atoms with Gasteiger partial charge in [0.15, 0.2) is 23.0 Å². The fraction of sp³-hybridized carbons (Fsp3) is 0.240. The SMILES string of the molecule is COc1cc(C(=O)Nc2ccc3c(c2)OCCO3)c(N(Cc2ccc(Cl)cc2)S(C)(=O)=O)cc1OC. The first-order valence-corrected chi connectivity index (χ1v) is 13.1. The van der Waals surface area contributed by atoms with Crippen LogP contribution in [-0.2, 0) is 16.6 Å². The maximum Gasteiger partial charge on any atom is 0.257 e. The quantitative estimate of drug-likeness (QED) is 0.460. The molecular weight excluding hydrogens is 508 g/mol. The Morgan fingerprint density at radius 2 is 1.61 bits per heavy atom. The molecule has 0 radical (unpaired) electrons. The van der Waals surface area contributed by atoms with E-state index >= 15 is 0 Å². The highest BCUT2D eigenvalue weighted by Crippen LogP contribution is 2.38. The standard InChI is InChI=1S/C25H25ClN2O7S/c1-32-22-13-19(25(29)27-18-8-9-21-24(12-18)35-11-10-34-21)20(14-23(22)33-2)28(36(3,30)31)15-16-4-6-17(26)7-5-16/h4-9,12-14H,10-11,15H2,1-3H3,(H,27,29). The van der Waals surface area contributed by atoms with Crippen molar-refractivity contribution in [2.24, 2.45) is 0 Å². The minimum atomic E-state index is -3.82. The van der Waals surface area contributed by atoms with E-state index in [0.717, 1.165) is 10.6 Å². The van der Waals surface area contributed by atoms with Crippen molar-refractivity contribution >= 4 is 38.9 Å². The summed E-state index contributed by atoms with van der Waals surface area (Å²) in [5, 5.41) is 3.33. The third-order valence-corrected chi connectivity index (χ3v) is 6.83. The summed E-state index contributed by atoms with van der Waals surface area (Å²) in [6, 6.07) is 14.7. The Labute approximate surface area is 214 Å². The summed E-state index contributed by atoms with van der Waals surface area (Å²) in [5.74, 6) is 1.08. The highest BCUT2D eigenvalue weighted by molar-refractivity contribution is 7.92. The number of ether oxygens (including phenoxy) is 4. The van der Waals surface area contributed by atoms with Crippen LogP contribution in [0.2, 0.25) is 5.02 Å². The summed E-state index contributed by atoms with van der Waals surface area (Å²) in [4.78, 5) is 13.5. The van der Waals surface area contributed by atoms with Crippen LogP contribution in [0.4, 0.5) is 11.4 Å². The fourth-order valence-corrected chi connectivity index (χ4v) is 4.73. The van der Waals surface area contributed by atoms with Gasteiger partial charge in [-0.25, -0.2) is 8.42 Å². The molecule has 1 aliphatic rings. The van der Waals surface area contributed by atoms with E-state index in [1.54, 1.807) is 42.5 Å². The van der Waals surface area contributed by atoms with Crippen LogP contribution >= 0.6 is 11.6 Å². The number of nitrogens with one attached hydrogen (secondary N) is 1. The molecular formula is C25H25ClN2O7S. The average molecular weight is 533 g/mol. The number of hydrogen-bond acceptors (Lipinski definition) is 7. The summed E-state index contributed by atoms with van der Waals surface area (Å²) in [6.45, 7) is 0.816. The van der Waals surface area contributed by atoms with Gasteiger partial charge in [-0.05, 0) is 35.9 Å². The van der Waals surface area contributed by atoms with Crippen LogP contribution in [0.1, 0.15) is 15.9 Å². The number of benzene rings is 3. The molecule has 0 atom stereocenters. The number of rotatable bonds is 8. The molecule has 1 amide bonds. The van der Waals surface area contributed by atoms with Gasteiger partial charge in [-0.3, -0.25) is 9.10 Å². The molecule has 0 fully saturated rings. The molecule has 0 aromatic heterocycles. The van der Waals surface area contributed by atoms with E-state index in [4.69, 9.17) is 30.5 Å². The molecule has 190 valence electrons. The van der Waals surface area contributed by atoms with Crippen LogP contribution in [0.3, 0.4) is 0 Å². The second kappa shape index (κ2) is 10.5. The molecule has 0 saturated heterocycles. The van der Waals surface area contributed by atoms with Crippen LogP contribution < -0.4 is 28.6 Å². The molecule has 36 heavy (non-hydrogen) atoms. The molecule has 0 unspecified atom stereocenters. The van der Waals surface area contributed by atoms with Crippen molar-refractivity contribution in [3.05, 3.63) is 70.7 Å². The minimum absolute atomic E-state index is 0.0320. The third-order valence-electron chi connectivity index (χ3n) is 5.46. The fourth-order valence-electron chi connectivity index (χ4n) is 3.71. The predicted molar refractivity (Wildman–Crippen MR) is 137 cm³/mol. The number of carbonyl (C=O) groups is 1. The number of hydrogen-bond donors (Lipinski definition) is 1. The molecule has 0 spiro atoms. The van der Waals surface area contributed by atoms with Crippen LogP contribution in [0.5, 0.6) is 23.0 Å². The van der Waals surface area contributed by atoms with Crippen molar-refractivity contribution in [3.63, 3.8) is 0 Å². The Morgan fingerprint density at radius 3 is 2.25 bits per heavy atom. The van der Waals surface area contributed by atoms with Gasteiger partial charge in [-0.2, -0.15) is 0 Å². The van der Waals surface area contributed by atoms with Crippen LogP contribution in [-0.4, -0.2) is 48.0 Å². The first kappa shape index (κ1) is 25.5. The number of methoxy groups -OCH3 is 2.